The molecule has 0 fully saturated rings. The minimum atomic E-state index is -0.523. The molecule has 0 aliphatic heterocycles. The number of hydrogen-bond donors (Lipinski definition) is 0. The van der Waals surface area contributed by atoms with Gasteiger partial charge in [-0.05, 0) is 103 Å². The van der Waals surface area contributed by atoms with Crippen LogP contribution in [0, 0.1) is 0 Å². The zero-order chi connectivity index (χ0) is 43.3. The standard InChI is InChI=1S/C62H42N2O/c1-61(2)52-22-12-9-20-47(52)50-36-43(30-33-53(50)61)60-63-56(40-27-25-39(26-28-40)41-31-34-59-51(35-41)49-21-11-14-24-58(49)65-59)38-57(64-60)42-29-32-48-46-19-10-13-23-54(46)62(55(48)37-42,44-15-5-3-6-16-44)45-17-7-4-8-18-45/h3-38H,1-2H3. The summed E-state index contributed by atoms with van der Waals surface area (Å²) in [7, 11) is 0. The number of nitrogens with zero attached hydrogens (tertiary/aromatic N) is 2. The Labute approximate surface area is 378 Å². The van der Waals surface area contributed by atoms with Gasteiger partial charge in [0.1, 0.15) is 11.2 Å². The zero-order valence-corrected chi connectivity index (χ0v) is 36.1. The highest BCUT2D eigenvalue weighted by molar-refractivity contribution is 6.06. The first-order chi connectivity index (χ1) is 31.9. The first kappa shape index (κ1) is 37.4. The fraction of sp³-hybridized carbons (Fsp3) is 0.0645. The Morgan fingerprint density at radius 1 is 0.338 bits per heavy atom. The Morgan fingerprint density at radius 3 is 1.63 bits per heavy atom. The van der Waals surface area contributed by atoms with Crippen LogP contribution in [0.4, 0.5) is 0 Å². The minimum absolute atomic E-state index is 0.0959. The van der Waals surface area contributed by atoms with Crippen molar-refractivity contribution in [3.05, 3.63) is 252 Å². The number of aromatic nitrogens is 2. The van der Waals surface area contributed by atoms with E-state index in [1.165, 1.54) is 55.6 Å². The van der Waals surface area contributed by atoms with E-state index < -0.39 is 5.41 Å². The Morgan fingerprint density at radius 2 is 0.877 bits per heavy atom. The van der Waals surface area contributed by atoms with E-state index in [4.69, 9.17) is 14.4 Å². The lowest BCUT2D eigenvalue weighted by molar-refractivity contribution is 0.660. The zero-order valence-electron chi connectivity index (χ0n) is 36.1. The van der Waals surface area contributed by atoms with E-state index in [1.807, 2.05) is 12.1 Å². The second-order valence-corrected chi connectivity index (χ2v) is 18.1. The highest BCUT2D eigenvalue weighted by atomic mass is 16.3. The van der Waals surface area contributed by atoms with E-state index in [-0.39, 0.29) is 5.41 Å². The maximum atomic E-state index is 6.15. The minimum Gasteiger partial charge on any atom is -0.456 e. The molecule has 306 valence electrons. The van der Waals surface area contributed by atoms with E-state index in [9.17, 15) is 0 Å². The molecule has 0 unspecified atom stereocenters. The number of rotatable bonds is 6. The normalized spacial score (nSPS) is 13.9. The Hall–Kier alpha value is -8.14. The van der Waals surface area contributed by atoms with Gasteiger partial charge in [0.05, 0.1) is 16.8 Å². The number of para-hydroxylation sites is 1. The summed E-state index contributed by atoms with van der Waals surface area (Å²) in [6, 6.07) is 79.1. The molecule has 65 heavy (non-hydrogen) atoms. The van der Waals surface area contributed by atoms with Gasteiger partial charge in [-0.15, -0.1) is 0 Å². The maximum absolute atomic E-state index is 6.15. The lowest BCUT2D eigenvalue weighted by Crippen LogP contribution is -2.28. The highest BCUT2D eigenvalue weighted by Gasteiger charge is 2.46. The van der Waals surface area contributed by atoms with Crippen molar-refractivity contribution in [2.75, 3.05) is 0 Å². The predicted octanol–water partition coefficient (Wildman–Crippen LogP) is 15.7. The van der Waals surface area contributed by atoms with Crippen LogP contribution in [0.25, 0.3) is 89.2 Å². The summed E-state index contributed by atoms with van der Waals surface area (Å²) in [6.07, 6.45) is 0. The molecule has 3 nitrogen and oxygen atoms in total. The van der Waals surface area contributed by atoms with Gasteiger partial charge >= 0.3 is 0 Å². The molecule has 2 heterocycles. The van der Waals surface area contributed by atoms with Gasteiger partial charge < -0.3 is 4.42 Å². The molecule has 0 N–H and O–H groups in total. The van der Waals surface area contributed by atoms with Crippen LogP contribution in [-0.4, -0.2) is 9.97 Å². The summed E-state index contributed by atoms with van der Waals surface area (Å²) < 4.78 is 6.15. The van der Waals surface area contributed by atoms with Gasteiger partial charge in [0.15, 0.2) is 5.82 Å². The third-order valence-electron chi connectivity index (χ3n) is 14.2. The molecular weight excluding hydrogens is 789 g/mol. The van der Waals surface area contributed by atoms with Crippen LogP contribution >= 0.6 is 0 Å². The van der Waals surface area contributed by atoms with Gasteiger partial charge in [0.25, 0.3) is 0 Å². The van der Waals surface area contributed by atoms with Gasteiger partial charge in [-0.25, -0.2) is 9.97 Å². The molecular formula is C62H42N2O. The number of furan rings is 1. The second-order valence-electron chi connectivity index (χ2n) is 18.1. The first-order valence-electron chi connectivity index (χ1n) is 22.5. The summed E-state index contributed by atoms with van der Waals surface area (Å²) in [5.41, 5.74) is 21.0. The van der Waals surface area contributed by atoms with Gasteiger partial charge in [0, 0.05) is 32.9 Å². The van der Waals surface area contributed by atoms with E-state index >= 15 is 0 Å². The Balaban J connectivity index is 0.991. The van der Waals surface area contributed by atoms with Crippen molar-refractivity contribution in [2.24, 2.45) is 0 Å². The fourth-order valence-electron chi connectivity index (χ4n) is 11.1. The van der Waals surface area contributed by atoms with Crippen molar-refractivity contribution in [2.45, 2.75) is 24.7 Å². The molecule has 0 spiro atoms. The molecule has 0 bridgehead atoms. The van der Waals surface area contributed by atoms with Crippen molar-refractivity contribution >= 4 is 21.9 Å². The molecule has 11 aromatic rings. The molecule has 13 rings (SSSR count). The van der Waals surface area contributed by atoms with Crippen molar-refractivity contribution in [1.29, 1.82) is 0 Å². The van der Waals surface area contributed by atoms with E-state index in [0.29, 0.717) is 5.82 Å². The third kappa shape index (κ3) is 5.62. The third-order valence-corrected chi connectivity index (χ3v) is 14.2. The van der Waals surface area contributed by atoms with Gasteiger partial charge in [-0.1, -0.05) is 196 Å². The monoisotopic (exact) mass is 830 g/mol. The van der Waals surface area contributed by atoms with Crippen molar-refractivity contribution < 1.29 is 4.42 Å². The van der Waals surface area contributed by atoms with Crippen LogP contribution in [0.2, 0.25) is 0 Å². The van der Waals surface area contributed by atoms with Crippen LogP contribution in [0.5, 0.6) is 0 Å². The smallest absolute Gasteiger partial charge is 0.160 e. The molecule has 9 aromatic carbocycles. The van der Waals surface area contributed by atoms with Crippen LogP contribution in [0.15, 0.2) is 223 Å². The predicted molar refractivity (Wildman–Crippen MR) is 266 cm³/mol. The average molecular weight is 831 g/mol. The quantitative estimate of drug-likeness (QED) is 0.168. The topological polar surface area (TPSA) is 38.9 Å². The summed E-state index contributed by atoms with van der Waals surface area (Å²) in [4.78, 5) is 10.9. The molecule has 0 saturated heterocycles. The molecule has 0 radical (unpaired) electrons. The van der Waals surface area contributed by atoms with Crippen LogP contribution < -0.4 is 0 Å². The van der Waals surface area contributed by atoms with Gasteiger partial charge in [-0.3, -0.25) is 0 Å². The SMILES string of the molecule is CC1(C)c2ccccc2-c2cc(-c3nc(-c4ccc(-c5ccc6oc7ccccc7c6c5)cc4)cc(-c4ccc5c(c4)C(c4ccccc4)(c4ccccc4)c4ccccc4-5)n3)ccc21. The number of fused-ring (bicyclic) bond motifs is 9. The first-order valence-corrected chi connectivity index (χ1v) is 22.5. The van der Waals surface area contributed by atoms with Crippen molar-refractivity contribution in [3.8, 4) is 67.3 Å². The summed E-state index contributed by atoms with van der Waals surface area (Å²) in [5.74, 6) is 0.699. The van der Waals surface area contributed by atoms with Gasteiger partial charge in [-0.2, -0.15) is 0 Å². The molecule has 0 amide bonds. The van der Waals surface area contributed by atoms with E-state index in [2.05, 4.69) is 220 Å². The molecule has 2 aliphatic rings. The molecule has 0 atom stereocenters. The Bertz CT molecular complexity index is 3640. The summed E-state index contributed by atoms with van der Waals surface area (Å²) in [5, 5.41) is 2.24. The largest absolute Gasteiger partial charge is 0.456 e. The second kappa shape index (κ2) is 14.2. The molecule has 3 heteroatoms. The number of hydrogen-bond acceptors (Lipinski definition) is 3. The van der Waals surface area contributed by atoms with Crippen LogP contribution in [-0.2, 0) is 10.8 Å². The fourth-order valence-corrected chi connectivity index (χ4v) is 11.1. The lowest BCUT2D eigenvalue weighted by atomic mass is 9.67. The average Bonchev–Trinajstić information content (AvgIpc) is 3.97. The molecule has 0 saturated carbocycles. The number of benzene rings is 9. The molecule has 2 aliphatic carbocycles. The Kier molecular flexibility index (Phi) is 8.17. The van der Waals surface area contributed by atoms with E-state index in [0.717, 1.165) is 61.1 Å². The summed E-state index contributed by atoms with van der Waals surface area (Å²) >= 11 is 0. The van der Waals surface area contributed by atoms with Crippen molar-refractivity contribution in [3.63, 3.8) is 0 Å². The lowest BCUT2D eigenvalue weighted by Gasteiger charge is -2.34. The maximum Gasteiger partial charge on any atom is 0.160 e. The van der Waals surface area contributed by atoms with Crippen molar-refractivity contribution in [1.82, 2.24) is 9.97 Å². The highest BCUT2D eigenvalue weighted by Crippen LogP contribution is 2.57. The van der Waals surface area contributed by atoms with Crippen LogP contribution in [0.1, 0.15) is 47.2 Å². The van der Waals surface area contributed by atoms with Crippen LogP contribution in [0.3, 0.4) is 0 Å². The van der Waals surface area contributed by atoms with Gasteiger partial charge in [0.2, 0.25) is 0 Å². The van der Waals surface area contributed by atoms with E-state index in [1.54, 1.807) is 0 Å². The summed E-state index contributed by atoms with van der Waals surface area (Å²) in [6.45, 7) is 4.64. The molecule has 2 aromatic heterocycles.